The molecule has 1 fully saturated rings. The molecule has 2 aliphatic heterocycles. The summed E-state index contributed by atoms with van der Waals surface area (Å²) in [6.07, 6.45) is 4.94. The van der Waals surface area contributed by atoms with Gasteiger partial charge in [-0.2, -0.15) is 0 Å². The van der Waals surface area contributed by atoms with Crippen LogP contribution in [0.5, 0.6) is 11.5 Å². The Hall–Kier alpha value is -3.09. The van der Waals surface area contributed by atoms with Crippen LogP contribution in [0.25, 0.3) is 0 Å². The number of nitrogens with one attached hydrogen (secondary N) is 1. The van der Waals surface area contributed by atoms with Gasteiger partial charge in [0.2, 0.25) is 5.91 Å². The molecule has 1 N–H and O–H groups in total. The number of piperidine rings is 1. The zero-order valence-corrected chi connectivity index (χ0v) is 18.9. The number of para-hydroxylation sites is 2. The third-order valence-electron chi connectivity index (χ3n) is 6.57. The van der Waals surface area contributed by atoms with Gasteiger partial charge in [-0.15, -0.1) is 0 Å². The minimum absolute atomic E-state index is 0.0209. The van der Waals surface area contributed by atoms with Gasteiger partial charge in [0.25, 0.3) is 5.91 Å². The van der Waals surface area contributed by atoms with Crippen LogP contribution in [0, 0.1) is 11.2 Å². The number of carbonyl (C=O) groups excluding carboxylic acids is 2. The molecule has 1 atom stereocenters. The number of benzene rings is 2. The molecule has 33 heavy (non-hydrogen) atoms. The fourth-order valence-corrected chi connectivity index (χ4v) is 4.78. The molecule has 0 aliphatic carbocycles. The van der Waals surface area contributed by atoms with Gasteiger partial charge in [-0.05, 0) is 55.9 Å². The van der Waals surface area contributed by atoms with E-state index in [1.54, 1.807) is 17.0 Å². The molecule has 176 valence electrons. The van der Waals surface area contributed by atoms with Gasteiger partial charge in [0.05, 0.1) is 12.0 Å². The second kappa shape index (κ2) is 10.7. The number of aryl methyl sites for hydroxylation is 1. The van der Waals surface area contributed by atoms with Crippen molar-refractivity contribution in [3.05, 3.63) is 59.9 Å². The monoisotopic (exact) mass is 454 g/mol. The van der Waals surface area contributed by atoms with Crippen LogP contribution in [0.15, 0.2) is 48.5 Å². The van der Waals surface area contributed by atoms with Crippen molar-refractivity contribution in [2.45, 2.75) is 38.5 Å². The van der Waals surface area contributed by atoms with Crippen LogP contribution in [0.4, 0.5) is 4.39 Å². The fraction of sp³-hybridized carbons (Fsp3) is 0.462. The molecule has 1 saturated heterocycles. The third-order valence-corrected chi connectivity index (χ3v) is 6.57. The van der Waals surface area contributed by atoms with E-state index in [-0.39, 0.29) is 24.2 Å². The Kier molecular flexibility index (Phi) is 7.47. The molecule has 2 heterocycles. The summed E-state index contributed by atoms with van der Waals surface area (Å²) in [6.45, 7) is 1.50. The van der Waals surface area contributed by atoms with Gasteiger partial charge in [0.15, 0.2) is 18.2 Å². The molecule has 2 amide bonds. The normalized spacial score (nSPS) is 21.7. The maximum atomic E-state index is 13.8. The highest BCUT2D eigenvalue weighted by Crippen LogP contribution is 2.36. The largest absolute Gasteiger partial charge is 0.491 e. The molecule has 0 bridgehead atoms. The second-order valence-corrected chi connectivity index (χ2v) is 8.84. The van der Waals surface area contributed by atoms with E-state index >= 15 is 0 Å². The zero-order valence-electron chi connectivity index (χ0n) is 18.9. The lowest BCUT2D eigenvalue weighted by Gasteiger charge is -2.42. The first-order valence-corrected chi connectivity index (χ1v) is 11.7. The van der Waals surface area contributed by atoms with Crippen LogP contribution in [0.1, 0.15) is 37.7 Å². The van der Waals surface area contributed by atoms with E-state index in [9.17, 15) is 14.0 Å². The number of rotatable bonds is 3. The maximum absolute atomic E-state index is 13.8. The van der Waals surface area contributed by atoms with Crippen molar-refractivity contribution in [3.63, 3.8) is 0 Å². The average molecular weight is 455 g/mol. The highest BCUT2D eigenvalue weighted by Gasteiger charge is 2.42. The first-order chi connectivity index (χ1) is 16.1. The van der Waals surface area contributed by atoms with Gasteiger partial charge < -0.3 is 19.7 Å². The highest BCUT2D eigenvalue weighted by molar-refractivity contribution is 5.85. The molecule has 0 saturated carbocycles. The molecule has 2 aromatic carbocycles. The molecule has 2 aromatic rings. The Bertz CT molecular complexity index is 982. The number of fused-ring (bicyclic) bond motifs is 1. The lowest BCUT2D eigenvalue weighted by Crippen LogP contribution is -2.54. The number of ether oxygens (including phenoxy) is 2. The molecule has 0 radical (unpaired) electrons. The molecule has 1 unspecified atom stereocenters. The SMILES string of the molecule is O=C(COc1ccccc1F)N1CCCC2(CCCCc3ccccc3OCCNC2=O)C1. The minimum Gasteiger partial charge on any atom is -0.491 e. The number of hydrogen-bond acceptors (Lipinski definition) is 4. The van der Waals surface area contributed by atoms with Gasteiger partial charge in [0, 0.05) is 13.1 Å². The molecule has 7 heteroatoms. The van der Waals surface area contributed by atoms with E-state index in [1.807, 2.05) is 18.2 Å². The Morgan fingerprint density at radius 1 is 1.09 bits per heavy atom. The van der Waals surface area contributed by atoms with Crippen molar-refractivity contribution in [1.82, 2.24) is 10.2 Å². The average Bonchev–Trinajstić information content (AvgIpc) is 2.84. The predicted molar refractivity (Wildman–Crippen MR) is 123 cm³/mol. The molecule has 2 aliphatic rings. The second-order valence-electron chi connectivity index (χ2n) is 8.84. The Morgan fingerprint density at radius 3 is 2.76 bits per heavy atom. The van der Waals surface area contributed by atoms with Crippen molar-refractivity contribution in [2.24, 2.45) is 5.41 Å². The predicted octanol–water partition coefficient (Wildman–Crippen LogP) is 3.73. The lowest BCUT2D eigenvalue weighted by molar-refractivity contribution is -0.143. The Balaban J connectivity index is 1.41. The van der Waals surface area contributed by atoms with Crippen LogP contribution in [-0.2, 0) is 16.0 Å². The van der Waals surface area contributed by atoms with Gasteiger partial charge in [-0.3, -0.25) is 9.59 Å². The summed E-state index contributed by atoms with van der Waals surface area (Å²) < 4.78 is 25.1. The molecular weight excluding hydrogens is 423 g/mol. The topological polar surface area (TPSA) is 67.9 Å². The van der Waals surface area contributed by atoms with Crippen LogP contribution in [-0.4, -0.2) is 49.6 Å². The third kappa shape index (κ3) is 5.64. The summed E-state index contributed by atoms with van der Waals surface area (Å²) in [4.78, 5) is 27.8. The first-order valence-electron chi connectivity index (χ1n) is 11.7. The van der Waals surface area contributed by atoms with E-state index in [0.717, 1.165) is 44.3 Å². The van der Waals surface area contributed by atoms with Crippen molar-refractivity contribution < 1.29 is 23.5 Å². The number of nitrogens with zero attached hydrogens (tertiary/aromatic N) is 1. The minimum atomic E-state index is -0.620. The van der Waals surface area contributed by atoms with Gasteiger partial charge in [-0.1, -0.05) is 36.8 Å². The number of hydrogen-bond donors (Lipinski definition) is 1. The summed E-state index contributed by atoms with van der Waals surface area (Å²) in [5.74, 6) is 0.191. The Labute approximate surface area is 194 Å². The number of carbonyl (C=O) groups is 2. The summed E-state index contributed by atoms with van der Waals surface area (Å²) in [5.41, 5.74) is 0.564. The quantitative estimate of drug-likeness (QED) is 0.767. The van der Waals surface area contributed by atoms with Crippen LogP contribution >= 0.6 is 0 Å². The van der Waals surface area contributed by atoms with Crippen LogP contribution in [0.2, 0.25) is 0 Å². The summed E-state index contributed by atoms with van der Waals surface area (Å²) in [5, 5.41) is 3.03. The van der Waals surface area contributed by atoms with Crippen molar-refractivity contribution >= 4 is 11.8 Å². The van der Waals surface area contributed by atoms with E-state index in [1.165, 1.54) is 17.7 Å². The summed E-state index contributed by atoms with van der Waals surface area (Å²) >= 11 is 0. The number of likely N-dealkylation sites (tertiary alicyclic amines) is 1. The number of amides is 2. The number of halogens is 1. The summed E-state index contributed by atoms with van der Waals surface area (Å²) in [7, 11) is 0. The van der Waals surface area contributed by atoms with Crippen molar-refractivity contribution in [3.8, 4) is 11.5 Å². The zero-order chi connectivity index (χ0) is 23.1. The lowest BCUT2D eigenvalue weighted by atomic mass is 9.74. The van der Waals surface area contributed by atoms with Crippen molar-refractivity contribution in [2.75, 3.05) is 32.8 Å². The van der Waals surface area contributed by atoms with Crippen LogP contribution in [0.3, 0.4) is 0 Å². The van der Waals surface area contributed by atoms with Gasteiger partial charge in [0.1, 0.15) is 12.4 Å². The van der Waals surface area contributed by atoms with Gasteiger partial charge >= 0.3 is 0 Å². The molecular formula is C26H31FN2O4. The van der Waals surface area contributed by atoms with Gasteiger partial charge in [-0.25, -0.2) is 4.39 Å². The van der Waals surface area contributed by atoms with E-state index in [2.05, 4.69) is 11.4 Å². The molecule has 1 spiro atoms. The van der Waals surface area contributed by atoms with E-state index in [4.69, 9.17) is 9.47 Å². The standard InChI is InChI=1S/C26H31FN2O4/c27-21-10-2-4-12-23(21)33-18-24(30)29-16-7-14-26(19-29)13-6-5-9-20-8-1-3-11-22(20)32-17-15-28-25(26)31/h1-4,8,10-12H,5-7,9,13-19H2,(H,28,31). The highest BCUT2D eigenvalue weighted by atomic mass is 19.1. The summed E-state index contributed by atoms with van der Waals surface area (Å²) in [6, 6.07) is 14.1. The van der Waals surface area contributed by atoms with Crippen molar-refractivity contribution in [1.29, 1.82) is 0 Å². The van der Waals surface area contributed by atoms with Crippen LogP contribution < -0.4 is 14.8 Å². The fourth-order valence-electron chi connectivity index (χ4n) is 4.78. The van der Waals surface area contributed by atoms with E-state index in [0.29, 0.717) is 26.2 Å². The smallest absolute Gasteiger partial charge is 0.260 e. The Morgan fingerprint density at radius 2 is 1.88 bits per heavy atom. The molecule has 6 nitrogen and oxygen atoms in total. The first kappa shape index (κ1) is 23.1. The molecule has 4 rings (SSSR count). The maximum Gasteiger partial charge on any atom is 0.260 e. The van der Waals surface area contributed by atoms with E-state index < -0.39 is 11.2 Å². The molecule has 0 aromatic heterocycles.